The molecule has 19 heavy (non-hydrogen) atoms. The summed E-state index contributed by atoms with van der Waals surface area (Å²) in [6.07, 6.45) is 5.79. The lowest BCUT2D eigenvalue weighted by atomic mass is 9.87. The smallest absolute Gasteiger partial charge is 0.235 e. The summed E-state index contributed by atoms with van der Waals surface area (Å²) in [5, 5.41) is 0. The van der Waals surface area contributed by atoms with Gasteiger partial charge in [0.25, 0.3) is 0 Å². The van der Waals surface area contributed by atoms with Gasteiger partial charge in [-0.2, -0.15) is 4.99 Å². The molecule has 1 aromatic carbocycles. The predicted octanol–water partition coefficient (Wildman–Crippen LogP) is 2.62. The minimum atomic E-state index is -0.411. The van der Waals surface area contributed by atoms with E-state index in [1.807, 2.05) is 12.1 Å². The third-order valence-electron chi connectivity index (χ3n) is 4.27. The van der Waals surface area contributed by atoms with Gasteiger partial charge in [-0.15, -0.1) is 0 Å². The van der Waals surface area contributed by atoms with Crippen LogP contribution in [0.3, 0.4) is 0 Å². The van der Waals surface area contributed by atoms with Crippen molar-refractivity contribution in [2.24, 2.45) is 4.99 Å². The molecule has 0 unspecified atom stereocenters. The number of likely N-dealkylation sites (N-methyl/N-ethyl adjacent to an activating group) is 1. The van der Waals surface area contributed by atoms with Gasteiger partial charge in [0.05, 0.1) is 12.2 Å². The van der Waals surface area contributed by atoms with Crippen molar-refractivity contribution >= 4 is 11.8 Å². The van der Waals surface area contributed by atoms with Crippen LogP contribution in [0.1, 0.15) is 31.2 Å². The van der Waals surface area contributed by atoms with Gasteiger partial charge in [0, 0.05) is 12.6 Å². The summed E-state index contributed by atoms with van der Waals surface area (Å²) in [6.45, 7) is 1.57. The molecule has 0 amide bonds. The number of ether oxygens (including phenoxy) is 1. The maximum absolute atomic E-state index is 10.8. The molecule has 0 saturated heterocycles. The minimum Gasteiger partial charge on any atom is -0.489 e. The van der Waals surface area contributed by atoms with Gasteiger partial charge in [0.2, 0.25) is 6.08 Å². The molecule has 1 aromatic rings. The second kappa shape index (κ2) is 4.71. The van der Waals surface area contributed by atoms with Crippen molar-refractivity contribution in [3.8, 4) is 5.75 Å². The van der Waals surface area contributed by atoms with Crippen molar-refractivity contribution in [3.63, 3.8) is 0 Å². The molecule has 0 atom stereocenters. The second-order valence-electron chi connectivity index (χ2n) is 5.37. The first-order valence-electron chi connectivity index (χ1n) is 6.83. The Hall–Kier alpha value is -1.80. The third-order valence-corrected chi connectivity index (χ3v) is 4.27. The van der Waals surface area contributed by atoms with Crippen LogP contribution in [-0.4, -0.2) is 26.3 Å². The molecule has 3 rings (SSSR count). The van der Waals surface area contributed by atoms with Crippen LogP contribution in [0.5, 0.6) is 5.75 Å². The van der Waals surface area contributed by atoms with Gasteiger partial charge in [-0.1, -0.05) is 25.0 Å². The largest absolute Gasteiger partial charge is 0.489 e. The summed E-state index contributed by atoms with van der Waals surface area (Å²) < 4.78 is 5.88. The summed E-state index contributed by atoms with van der Waals surface area (Å²) in [4.78, 5) is 17.2. The predicted molar refractivity (Wildman–Crippen MR) is 73.5 cm³/mol. The van der Waals surface area contributed by atoms with Crippen molar-refractivity contribution in [3.05, 3.63) is 23.8 Å². The van der Waals surface area contributed by atoms with E-state index in [1.165, 1.54) is 0 Å². The van der Waals surface area contributed by atoms with Crippen molar-refractivity contribution in [1.29, 1.82) is 0 Å². The summed E-state index contributed by atoms with van der Waals surface area (Å²) in [5.41, 5.74) is 1.74. The maximum Gasteiger partial charge on any atom is 0.235 e. The van der Waals surface area contributed by atoms with Crippen LogP contribution in [-0.2, 0) is 10.3 Å². The van der Waals surface area contributed by atoms with E-state index in [0.29, 0.717) is 6.61 Å². The fourth-order valence-corrected chi connectivity index (χ4v) is 3.24. The summed E-state index contributed by atoms with van der Waals surface area (Å²) in [7, 11) is 2.06. The van der Waals surface area contributed by atoms with Crippen LogP contribution < -0.4 is 9.64 Å². The van der Waals surface area contributed by atoms with Gasteiger partial charge < -0.3 is 9.64 Å². The number of rotatable bonds is 2. The Labute approximate surface area is 113 Å². The Balaban J connectivity index is 2.14. The van der Waals surface area contributed by atoms with Crippen molar-refractivity contribution in [2.75, 3.05) is 25.1 Å². The first kappa shape index (κ1) is 12.2. The molecule has 0 aromatic heterocycles. The fraction of sp³-hybridized carbons (Fsp3) is 0.533. The summed E-state index contributed by atoms with van der Waals surface area (Å²) in [5.74, 6) is 0.900. The molecule has 1 fully saturated rings. The fourth-order valence-electron chi connectivity index (χ4n) is 3.24. The molecule has 100 valence electrons. The van der Waals surface area contributed by atoms with E-state index in [2.05, 4.69) is 23.0 Å². The Kier molecular flexibility index (Phi) is 3.03. The zero-order valence-electron chi connectivity index (χ0n) is 11.2. The van der Waals surface area contributed by atoms with Gasteiger partial charge in [-0.25, -0.2) is 4.79 Å². The Morgan fingerprint density at radius 3 is 2.89 bits per heavy atom. The number of para-hydroxylation sites is 1. The highest BCUT2D eigenvalue weighted by molar-refractivity contribution is 5.65. The number of carbonyl (C=O) groups excluding carboxylic acids is 1. The number of anilines is 1. The van der Waals surface area contributed by atoms with Crippen molar-refractivity contribution in [2.45, 2.75) is 31.2 Å². The van der Waals surface area contributed by atoms with Gasteiger partial charge in [0.1, 0.15) is 17.9 Å². The average Bonchev–Trinajstić information content (AvgIpc) is 2.89. The first-order valence-corrected chi connectivity index (χ1v) is 6.83. The first-order chi connectivity index (χ1) is 9.27. The number of nitrogens with zero attached hydrogens (tertiary/aromatic N) is 2. The Bertz CT molecular complexity index is 529. The molecule has 1 heterocycles. The maximum atomic E-state index is 10.8. The lowest BCUT2D eigenvalue weighted by molar-refractivity contribution is 0.297. The van der Waals surface area contributed by atoms with Crippen LogP contribution >= 0.6 is 0 Å². The molecule has 4 heteroatoms. The molecule has 1 saturated carbocycles. The molecular weight excluding hydrogens is 240 g/mol. The number of hydrogen-bond donors (Lipinski definition) is 0. The Morgan fingerprint density at radius 2 is 2.16 bits per heavy atom. The van der Waals surface area contributed by atoms with Gasteiger partial charge in [-0.3, -0.25) is 0 Å². The van der Waals surface area contributed by atoms with E-state index in [1.54, 1.807) is 6.08 Å². The molecule has 1 aliphatic carbocycles. The Morgan fingerprint density at radius 1 is 1.37 bits per heavy atom. The SMILES string of the molecule is CN1CCOc2c1cccc2C1(N=C=O)CCCC1. The van der Waals surface area contributed by atoms with E-state index >= 15 is 0 Å². The van der Waals surface area contributed by atoms with E-state index < -0.39 is 5.54 Å². The molecule has 2 aliphatic rings. The third kappa shape index (κ3) is 1.92. The molecule has 0 spiro atoms. The van der Waals surface area contributed by atoms with Crippen LogP contribution in [0.15, 0.2) is 23.2 Å². The average molecular weight is 258 g/mol. The normalized spacial score (nSPS) is 20.4. The molecule has 1 aliphatic heterocycles. The number of benzene rings is 1. The molecule has 4 nitrogen and oxygen atoms in total. The standard InChI is InChI=1S/C15H18N2O2/c1-17-9-10-19-14-12(5-4-6-13(14)17)15(16-11-18)7-2-3-8-15/h4-6H,2-3,7-10H2,1H3. The monoisotopic (exact) mass is 258 g/mol. The summed E-state index contributed by atoms with van der Waals surface area (Å²) >= 11 is 0. The van der Waals surface area contributed by atoms with Crippen molar-refractivity contribution < 1.29 is 9.53 Å². The highest BCUT2D eigenvalue weighted by atomic mass is 16.5. The van der Waals surface area contributed by atoms with Gasteiger partial charge in [-0.05, 0) is 18.9 Å². The highest BCUT2D eigenvalue weighted by Crippen LogP contribution is 2.48. The zero-order valence-corrected chi connectivity index (χ0v) is 11.2. The zero-order chi connectivity index (χ0) is 13.3. The van der Waals surface area contributed by atoms with Gasteiger partial charge >= 0.3 is 0 Å². The minimum absolute atomic E-state index is 0.411. The number of hydrogen-bond acceptors (Lipinski definition) is 4. The van der Waals surface area contributed by atoms with Crippen LogP contribution in [0.25, 0.3) is 0 Å². The number of aliphatic imine (C=N–C) groups is 1. The van der Waals surface area contributed by atoms with Crippen LogP contribution in [0, 0.1) is 0 Å². The lowest BCUT2D eigenvalue weighted by Crippen LogP contribution is -2.31. The van der Waals surface area contributed by atoms with Gasteiger partial charge in [0.15, 0.2) is 0 Å². The van der Waals surface area contributed by atoms with E-state index in [0.717, 1.165) is 49.2 Å². The van der Waals surface area contributed by atoms with Crippen molar-refractivity contribution in [1.82, 2.24) is 0 Å². The number of fused-ring (bicyclic) bond motifs is 1. The van der Waals surface area contributed by atoms with E-state index in [4.69, 9.17) is 4.74 Å². The molecule has 0 N–H and O–H groups in total. The molecular formula is C15H18N2O2. The summed E-state index contributed by atoms with van der Waals surface area (Å²) in [6, 6.07) is 6.13. The highest BCUT2D eigenvalue weighted by Gasteiger charge is 2.39. The molecule has 0 radical (unpaired) electrons. The van der Waals surface area contributed by atoms with E-state index in [9.17, 15) is 4.79 Å². The van der Waals surface area contributed by atoms with Crippen LogP contribution in [0.4, 0.5) is 5.69 Å². The van der Waals surface area contributed by atoms with E-state index in [-0.39, 0.29) is 0 Å². The van der Waals surface area contributed by atoms with Crippen LogP contribution in [0.2, 0.25) is 0 Å². The quantitative estimate of drug-likeness (QED) is 0.605. The molecule has 0 bridgehead atoms. The number of isocyanates is 1. The lowest BCUT2D eigenvalue weighted by Gasteiger charge is -2.33. The topological polar surface area (TPSA) is 41.9 Å². The second-order valence-corrected chi connectivity index (χ2v) is 5.37.